The van der Waals surface area contributed by atoms with Crippen LogP contribution in [-0.4, -0.2) is 83.6 Å². The number of carboxylic acid groups (broad SMARTS) is 2. The number of aliphatic carboxylic acids is 2. The minimum absolute atomic E-state index is 0.0383. The van der Waals surface area contributed by atoms with E-state index < -0.39 is 41.3 Å². The van der Waals surface area contributed by atoms with Crippen molar-refractivity contribution in [1.82, 2.24) is 20.2 Å². The number of nitrogens with one attached hydrogen (secondary N) is 1. The molecule has 3 aromatic heterocycles. The third-order valence-corrected chi connectivity index (χ3v) is 10.3. The summed E-state index contributed by atoms with van der Waals surface area (Å²) in [7, 11) is 1.90. The van der Waals surface area contributed by atoms with Gasteiger partial charge in [-0.2, -0.15) is 0 Å². The van der Waals surface area contributed by atoms with Gasteiger partial charge >= 0.3 is 17.6 Å². The van der Waals surface area contributed by atoms with Crippen LogP contribution < -0.4 is 15.6 Å². The fraction of sp³-hybridized carbons (Fsp3) is 0.304. The van der Waals surface area contributed by atoms with Crippen LogP contribution in [0.1, 0.15) is 12.6 Å². The number of nitrogen functional groups attached to an aromatic ring is 1. The fourth-order valence-electron chi connectivity index (χ4n) is 3.99. The Bertz CT molecular complexity index is 1630. The lowest BCUT2D eigenvalue weighted by atomic mass is 10.0. The van der Waals surface area contributed by atoms with Gasteiger partial charge in [0.1, 0.15) is 27.5 Å². The standard InChI is InChI=1S/C23H21N7O7S4/c1-9(20(33)34)37-28-13(11-8-39-22(24)25-11)17(31)26-14-18(32)30-15(21(35)36)10(6-38-19(14)30)7-40-23-27-16-12(41-23)4-3-5-29(16)2/h3-5,8-9,14,19H,6-7H2,1-2H3,(H4-,24,25,26,31,33,34,35,36)/p+1/b28-13-/t9-,14?,19-/m0/s1. The predicted molar refractivity (Wildman–Crippen MR) is 152 cm³/mol. The van der Waals surface area contributed by atoms with Crippen molar-refractivity contribution in [2.45, 2.75) is 28.8 Å². The van der Waals surface area contributed by atoms with Gasteiger partial charge in [0.05, 0.1) is 13.2 Å². The first kappa shape index (κ1) is 28.8. The fourth-order valence-corrected chi connectivity index (χ4v) is 8.13. The molecule has 0 aliphatic carbocycles. The summed E-state index contributed by atoms with van der Waals surface area (Å²) < 4.78 is 3.69. The lowest BCUT2D eigenvalue weighted by Crippen LogP contribution is -2.71. The number of fused-ring (bicyclic) bond motifs is 2. The third-order valence-electron chi connectivity index (χ3n) is 6.04. The molecule has 18 heteroatoms. The minimum atomic E-state index is -1.35. The summed E-state index contributed by atoms with van der Waals surface area (Å²) in [5, 5.41) is 26.2. The zero-order valence-corrected chi connectivity index (χ0v) is 24.6. The van der Waals surface area contributed by atoms with Gasteiger partial charge in [0.15, 0.2) is 10.8 Å². The van der Waals surface area contributed by atoms with Crippen LogP contribution >= 0.6 is 46.2 Å². The van der Waals surface area contributed by atoms with Crippen molar-refractivity contribution < 1.29 is 38.8 Å². The number of carboxylic acids is 2. The van der Waals surface area contributed by atoms with Crippen LogP contribution in [0.3, 0.4) is 0 Å². The van der Waals surface area contributed by atoms with Crippen molar-refractivity contribution in [2.24, 2.45) is 12.2 Å². The van der Waals surface area contributed by atoms with E-state index in [1.807, 2.05) is 29.9 Å². The minimum Gasteiger partial charge on any atom is -0.478 e. The zero-order valence-electron chi connectivity index (χ0n) is 21.3. The van der Waals surface area contributed by atoms with Gasteiger partial charge in [-0.25, -0.2) is 19.1 Å². The van der Waals surface area contributed by atoms with E-state index in [-0.39, 0.29) is 22.2 Å². The number of pyridine rings is 1. The van der Waals surface area contributed by atoms with Gasteiger partial charge in [0.2, 0.25) is 6.10 Å². The molecule has 214 valence electrons. The monoisotopic (exact) mass is 636 g/mol. The van der Waals surface area contributed by atoms with Crippen LogP contribution in [-0.2, 0) is 31.1 Å². The molecule has 3 atom stereocenters. The SMILES string of the molecule is C[C@H](O/N=C(\C(=O)NC1C(=O)N2C(C(=O)O)=C(CSc3nc4c(ccc[n+]4C)s3)CS[C@@H]12)c1csc(N)n1)C(=O)O. The molecule has 3 aromatic rings. The number of carbonyl (C=O) groups excluding carboxylic acids is 2. The Balaban J connectivity index is 1.31. The van der Waals surface area contributed by atoms with E-state index in [1.165, 1.54) is 52.1 Å². The van der Waals surface area contributed by atoms with Crippen molar-refractivity contribution in [3.63, 3.8) is 0 Å². The quantitative estimate of drug-likeness (QED) is 0.0806. The highest BCUT2D eigenvalue weighted by Gasteiger charge is 2.54. The molecule has 0 bridgehead atoms. The van der Waals surface area contributed by atoms with Gasteiger partial charge in [-0.3, -0.25) is 14.5 Å². The maximum Gasteiger partial charge on any atom is 0.352 e. The Labute approximate surface area is 248 Å². The van der Waals surface area contributed by atoms with E-state index in [9.17, 15) is 24.3 Å². The number of anilines is 1. The molecule has 1 fully saturated rings. The summed E-state index contributed by atoms with van der Waals surface area (Å²) >= 11 is 5.26. The van der Waals surface area contributed by atoms with E-state index in [2.05, 4.69) is 20.4 Å². The molecule has 2 amide bonds. The first-order chi connectivity index (χ1) is 19.5. The number of oxime groups is 1. The highest BCUT2D eigenvalue weighted by molar-refractivity contribution is 8.02. The Morgan fingerprint density at radius 1 is 1.37 bits per heavy atom. The lowest BCUT2D eigenvalue weighted by Gasteiger charge is -2.49. The Kier molecular flexibility index (Phi) is 8.16. The molecule has 1 saturated heterocycles. The number of aromatic nitrogens is 3. The number of nitrogens with zero attached hydrogens (tertiary/aromatic N) is 5. The van der Waals surface area contributed by atoms with E-state index in [0.717, 1.165) is 26.0 Å². The molecule has 0 aromatic carbocycles. The summed E-state index contributed by atoms with van der Waals surface area (Å²) in [4.78, 5) is 64.4. The van der Waals surface area contributed by atoms with Gasteiger partial charge in [-0.1, -0.05) is 28.3 Å². The molecule has 2 aliphatic rings. The van der Waals surface area contributed by atoms with E-state index in [1.54, 1.807) is 0 Å². The van der Waals surface area contributed by atoms with Crippen LogP contribution in [0.15, 0.2) is 44.5 Å². The number of β-lactam (4-membered cyclic amide) rings is 1. The first-order valence-corrected chi connectivity index (χ1v) is 15.5. The van der Waals surface area contributed by atoms with Gasteiger partial charge in [0, 0.05) is 16.9 Å². The number of carbonyl (C=O) groups is 4. The predicted octanol–water partition coefficient (Wildman–Crippen LogP) is 0.884. The smallest absolute Gasteiger partial charge is 0.352 e. The van der Waals surface area contributed by atoms with Crippen LogP contribution in [0, 0.1) is 0 Å². The Morgan fingerprint density at radius 3 is 2.80 bits per heavy atom. The maximum atomic E-state index is 13.1. The van der Waals surface area contributed by atoms with Gasteiger partial charge in [0.25, 0.3) is 16.2 Å². The highest BCUT2D eigenvalue weighted by atomic mass is 32.2. The number of amides is 2. The van der Waals surface area contributed by atoms with Crippen LogP contribution in [0.5, 0.6) is 0 Å². The van der Waals surface area contributed by atoms with E-state index in [0.29, 0.717) is 17.1 Å². The second-order valence-corrected chi connectivity index (χ2v) is 13.0. The first-order valence-electron chi connectivity index (χ1n) is 11.8. The number of hydrogen-bond donors (Lipinski definition) is 4. The van der Waals surface area contributed by atoms with Crippen LogP contribution in [0.2, 0.25) is 0 Å². The van der Waals surface area contributed by atoms with Gasteiger partial charge < -0.3 is 26.1 Å². The number of hydrogen-bond acceptors (Lipinski definition) is 13. The summed E-state index contributed by atoms with van der Waals surface area (Å²) in [6, 6.07) is 2.84. The van der Waals surface area contributed by atoms with Crippen LogP contribution in [0.4, 0.5) is 5.13 Å². The van der Waals surface area contributed by atoms with Gasteiger partial charge in [-0.05, 0) is 29.6 Å². The average molecular weight is 637 g/mol. The molecule has 5 N–H and O–H groups in total. The molecule has 2 aliphatic heterocycles. The van der Waals surface area contributed by atoms with E-state index in [4.69, 9.17) is 15.7 Å². The molecule has 1 unspecified atom stereocenters. The van der Waals surface area contributed by atoms with Crippen molar-refractivity contribution in [2.75, 3.05) is 17.2 Å². The molecular formula is C23H22N7O7S4+. The number of rotatable bonds is 10. The largest absolute Gasteiger partial charge is 0.478 e. The molecule has 0 spiro atoms. The zero-order chi connectivity index (χ0) is 29.4. The van der Waals surface area contributed by atoms with Crippen LogP contribution in [0.25, 0.3) is 10.3 Å². The number of thiazole rings is 2. The lowest BCUT2D eigenvalue weighted by molar-refractivity contribution is -0.646. The molecule has 5 rings (SSSR count). The highest BCUT2D eigenvalue weighted by Crippen LogP contribution is 2.42. The molecule has 0 saturated carbocycles. The van der Waals surface area contributed by atoms with Gasteiger partial charge in [-0.15, -0.1) is 23.1 Å². The number of aryl methyl sites for hydroxylation is 1. The topological polar surface area (TPSA) is 201 Å². The summed E-state index contributed by atoms with van der Waals surface area (Å²) in [5.41, 5.74) is 6.63. The molecular weight excluding hydrogens is 615 g/mol. The normalized spacial score (nSPS) is 19.5. The number of thioether (sulfide) groups is 2. The average Bonchev–Trinajstić information content (AvgIpc) is 3.56. The van der Waals surface area contributed by atoms with Crippen molar-refractivity contribution >= 4 is 91.1 Å². The second-order valence-electron chi connectivity index (χ2n) is 8.79. The maximum absolute atomic E-state index is 13.1. The second kappa shape index (κ2) is 11.6. The van der Waals surface area contributed by atoms with Crippen molar-refractivity contribution in [3.8, 4) is 0 Å². The third kappa shape index (κ3) is 5.72. The molecule has 5 heterocycles. The van der Waals surface area contributed by atoms with E-state index >= 15 is 0 Å². The molecule has 0 radical (unpaired) electrons. The Hall–Kier alpha value is -3.74. The summed E-state index contributed by atoms with van der Waals surface area (Å²) in [6.07, 6.45) is 0.545. The summed E-state index contributed by atoms with van der Waals surface area (Å²) in [6.45, 7) is 1.23. The molecule has 14 nitrogen and oxygen atoms in total. The van der Waals surface area contributed by atoms with Crippen molar-refractivity contribution in [1.29, 1.82) is 0 Å². The Morgan fingerprint density at radius 2 is 2.15 bits per heavy atom. The van der Waals surface area contributed by atoms with Crippen molar-refractivity contribution in [3.05, 3.63) is 40.7 Å². The molecule has 41 heavy (non-hydrogen) atoms. The number of nitrogens with two attached hydrogens (primary N) is 1. The summed E-state index contributed by atoms with van der Waals surface area (Å²) in [5.74, 6) is -3.33.